The largest absolute Gasteiger partial charge is 0.623 e. The number of likely N-dealkylation sites (N-methyl/N-ethyl adjacent to an activating group) is 1. The van der Waals surface area contributed by atoms with Crippen molar-refractivity contribution in [3.63, 3.8) is 0 Å². The summed E-state index contributed by atoms with van der Waals surface area (Å²) >= 11 is 6.61. The Labute approximate surface area is 146 Å². The van der Waals surface area contributed by atoms with E-state index < -0.39 is 15.6 Å². The van der Waals surface area contributed by atoms with Crippen LogP contribution in [-0.4, -0.2) is 53.6 Å². The zero-order valence-electron chi connectivity index (χ0n) is 13.3. The number of thiocarbonyl (C=S) groups is 1. The molecular formula is C14H19N3O3S3. The quantitative estimate of drug-likeness (QED) is 0.284. The number of benzene rings is 1. The molecule has 1 aliphatic rings. The molecule has 0 unspecified atom stereocenters. The SMILES string of the molecule is CNS(=O)(=O)c1ccc(/C=[N+](\[O-])[C@H]2SC(=S)N(C)C2(C)C)cc1. The Bertz CT molecular complexity index is 742. The van der Waals surface area contributed by atoms with Crippen molar-refractivity contribution >= 4 is 44.5 Å². The van der Waals surface area contributed by atoms with Gasteiger partial charge < -0.3 is 10.1 Å². The second-order valence-electron chi connectivity index (χ2n) is 5.71. The minimum absolute atomic E-state index is 0.158. The number of hydrogen-bond acceptors (Lipinski definition) is 5. The fourth-order valence-electron chi connectivity index (χ4n) is 2.15. The van der Waals surface area contributed by atoms with Crippen LogP contribution in [-0.2, 0) is 10.0 Å². The van der Waals surface area contributed by atoms with Gasteiger partial charge in [-0.2, -0.15) is 4.74 Å². The molecule has 0 bridgehead atoms. The second-order valence-corrected chi connectivity index (χ2v) is 9.31. The first-order valence-corrected chi connectivity index (χ1v) is 9.65. The summed E-state index contributed by atoms with van der Waals surface area (Å²) in [5, 5.41) is 12.1. The Morgan fingerprint density at radius 2 is 1.96 bits per heavy atom. The molecule has 23 heavy (non-hydrogen) atoms. The van der Waals surface area contributed by atoms with Gasteiger partial charge in [-0.1, -0.05) is 12.2 Å². The van der Waals surface area contributed by atoms with Crippen molar-refractivity contribution in [2.75, 3.05) is 14.1 Å². The van der Waals surface area contributed by atoms with Gasteiger partial charge in [0, 0.05) is 12.6 Å². The molecule has 1 N–H and O–H groups in total. The van der Waals surface area contributed by atoms with Gasteiger partial charge in [-0.05, 0) is 56.9 Å². The van der Waals surface area contributed by atoms with Crippen LogP contribution in [0.3, 0.4) is 0 Å². The smallest absolute Gasteiger partial charge is 0.240 e. The maximum Gasteiger partial charge on any atom is 0.240 e. The fraction of sp³-hybridized carbons (Fsp3) is 0.429. The summed E-state index contributed by atoms with van der Waals surface area (Å²) in [4.78, 5) is 2.07. The Balaban J connectivity index is 2.27. The van der Waals surface area contributed by atoms with E-state index in [9.17, 15) is 13.6 Å². The van der Waals surface area contributed by atoms with Gasteiger partial charge in [0.25, 0.3) is 0 Å². The van der Waals surface area contributed by atoms with Crippen molar-refractivity contribution in [2.45, 2.75) is 29.7 Å². The first-order valence-electron chi connectivity index (χ1n) is 6.88. The average molecular weight is 374 g/mol. The van der Waals surface area contributed by atoms with Crippen LogP contribution >= 0.6 is 24.0 Å². The van der Waals surface area contributed by atoms with E-state index in [1.807, 2.05) is 25.8 Å². The molecule has 1 saturated heterocycles. The highest BCUT2D eigenvalue weighted by Crippen LogP contribution is 2.38. The summed E-state index contributed by atoms with van der Waals surface area (Å²) in [6.07, 6.45) is 1.46. The van der Waals surface area contributed by atoms with Gasteiger partial charge in [0.1, 0.15) is 9.86 Å². The third-order valence-electron chi connectivity index (χ3n) is 3.92. The van der Waals surface area contributed by atoms with E-state index in [0.717, 1.165) is 4.74 Å². The maximum absolute atomic E-state index is 12.5. The molecule has 126 valence electrons. The Morgan fingerprint density at radius 3 is 2.39 bits per heavy atom. The van der Waals surface area contributed by atoms with E-state index >= 15 is 0 Å². The molecule has 9 heteroatoms. The monoisotopic (exact) mass is 373 g/mol. The molecule has 2 rings (SSSR count). The Hall–Kier alpha value is -1.16. The topological polar surface area (TPSA) is 75.5 Å². The van der Waals surface area contributed by atoms with E-state index in [4.69, 9.17) is 12.2 Å². The van der Waals surface area contributed by atoms with Crippen molar-refractivity contribution in [1.29, 1.82) is 0 Å². The lowest BCUT2D eigenvalue weighted by Crippen LogP contribution is -2.47. The van der Waals surface area contributed by atoms with Gasteiger partial charge in [-0.25, -0.2) is 13.1 Å². The van der Waals surface area contributed by atoms with Crippen LogP contribution in [0.1, 0.15) is 19.4 Å². The molecule has 0 amide bonds. The minimum atomic E-state index is -3.48. The molecule has 1 atom stereocenters. The summed E-state index contributed by atoms with van der Waals surface area (Å²) < 4.78 is 27.2. The first kappa shape index (κ1) is 18.2. The van der Waals surface area contributed by atoms with Gasteiger partial charge in [0.2, 0.25) is 15.4 Å². The zero-order chi connectivity index (χ0) is 17.4. The molecule has 0 spiro atoms. The van der Waals surface area contributed by atoms with E-state index in [2.05, 4.69) is 4.72 Å². The summed E-state index contributed by atoms with van der Waals surface area (Å²) in [5.41, 5.74) is 0.238. The average Bonchev–Trinajstić information content (AvgIpc) is 2.71. The van der Waals surface area contributed by atoms with Gasteiger partial charge in [-0.15, -0.1) is 0 Å². The molecule has 1 aromatic carbocycles. The van der Waals surface area contributed by atoms with Crippen LogP contribution in [0.4, 0.5) is 0 Å². The summed E-state index contributed by atoms with van der Waals surface area (Å²) in [5.74, 6) is 0. The highest BCUT2D eigenvalue weighted by atomic mass is 32.2. The molecule has 1 fully saturated rings. The number of nitrogens with one attached hydrogen (secondary N) is 1. The summed E-state index contributed by atoms with van der Waals surface area (Å²) in [6, 6.07) is 6.14. The molecular weight excluding hydrogens is 354 g/mol. The molecule has 1 heterocycles. The lowest BCUT2D eigenvalue weighted by molar-refractivity contribution is -0.480. The Kier molecular flexibility index (Phi) is 5.05. The van der Waals surface area contributed by atoms with Gasteiger partial charge >= 0.3 is 0 Å². The van der Waals surface area contributed by atoms with Crippen LogP contribution in [0.5, 0.6) is 0 Å². The highest BCUT2D eigenvalue weighted by Gasteiger charge is 2.48. The van der Waals surface area contributed by atoms with Crippen molar-refractivity contribution in [3.05, 3.63) is 35.0 Å². The number of hydrogen-bond donors (Lipinski definition) is 1. The van der Waals surface area contributed by atoms with E-state index in [1.54, 1.807) is 12.1 Å². The molecule has 0 aromatic heterocycles. The molecule has 1 aromatic rings. The number of sulfonamides is 1. The zero-order valence-corrected chi connectivity index (χ0v) is 15.8. The molecule has 0 saturated carbocycles. The first-order chi connectivity index (χ1) is 10.6. The van der Waals surface area contributed by atoms with Crippen molar-refractivity contribution in [2.24, 2.45) is 0 Å². The fourth-order valence-corrected chi connectivity index (χ4v) is 4.58. The predicted octanol–water partition coefficient (Wildman–Crippen LogP) is 1.59. The lowest BCUT2D eigenvalue weighted by atomic mass is 10.0. The van der Waals surface area contributed by atoms with Gasteiger partial charge in [0.15, 0.2) is 6.21 Å². The molecule has 1 aliphatic heterocycles. The van der Waals surface area contributed by atoms with Gasteiger partial charge in [0.05, 0.1) is 4.90 Å². The van der Waals surface area contributed by atoms with Crippen LogP contribution in [0, 0.1) is 5.21 Å². The summed E-state index contributed by atoms with van der Waals surface area (Å²) in [7, 11) is -0.245. The maximum atomic E-state index is 12.5. The third kappa shape index (κ3) is 3.52. The normalized spacial score (nSPS) is 21.7. The molecule has 0 radical (unpaired) electrons. The third-order valence-corrected chi connectivity index (χ3v) is 7.40. The van der Waals surface area contributed by atoms with Crippen molar-refractivity contribution in [3.8, 4) is 0 Å². The minimum Gasteiger partial charge on any atom is -0.623 e. The number of rotatable bonds is 4. The lowest BCUT2D eigenvalue weighted by Gasteiger charge is -2.30. The van der Waals surface area contributed by atoms with Crippen molar-refractivity contribution < 1.29 is 13.2 Å². The molecule has 6 nitrogen and oxygen atoms in total. The van der Waals surface area contributed by atoms with Crippen LogP contribution < -0.4 is 4.72 Å². The number of nitrogens with zero attached hydrogens (tertiary/aromatic N) is 2. The number of thioether (sulfide) groups is 1. The highest BCUT2D eigenvalue weighted by molar-refractivity contribution is 8.23. The van der Waals surface area contributed by atoms with E-state index in [1.165, 1.54) is 37.2 Å². The van der Waals surface area contributed by atoms with Crippen molar-refractivity contribution in [1.82, 2.24) is 9.62 Å². The standard InChI is InChI=1S/C14H19N3O3S3/c1-14(2)12(22-13(21)16(14)4)17(18)9-10-5-7-11(8-6-10)23(19,20)15-3/h5-9,12,15H,1-4H3/b17-9-/t12-/m0/s1. The van der Waals surface area contributed by atoms with Crippen LogP contribution in [0.25, 0.3) is 0 Å². The van der Waals surface area contributed by atoms with Gasteiger partial charge in [-0.3, -0.25) is 0 Å². The molecule has 0 aliphatic carbocycles. The second kappa shape index (κ2) is 6.39. The van der Waals surface area contributed by atoms with Crippen LogP contribution in [0.15, 0.2) is 29.2 Å². The predicted molar refractivity (Wildman–Crippen MR) is 97.3 cm³/mol. The van der Waals surface area contributed by atoms with Crippen LogP contribution in [0.2, 0.25) is 0 Å². The Morgan fingerprint density at radius 1 is 1.39 bits per heavy atom. The number of hydroxylamine groups is 1. The van der Waals surface area contributed by atoms with E-state index in [0.29, 0.717) is 9.88 Å². The van der Waals surface area contributed by atoms with E-state index in [-0.39, 0.29) is 10.3 Å². The summed E-state index contributed by atoms with van der Waals surface area (Å²) in [6.45, 7) is 3.93.